The maximum Gasteiger partial charge on any atom is 0.256 e. The van der Waals surface area contributed by atoms with Crippen molar-refractivity contribution in [3.63, 3.8) is 0 Å². The summed E-state index contributed by atoms with van der Waals surface area (Å²) >= 11 is 6.26. The van der Waals surface area contributed by atoms with Gasteiger partial charge in [-0.25, -0.2) is 0 Å². The number of amides is 1. The Balaban J connectivity index is 2.71. The number of pyridine rings is 1. The van der Waals surface area contributed by atoms with Gasteiger partial charge in [0, 0.05) is 25.7 Å². The van der Waals surface area contributed by atoms with Crippen LogP contribution in [0.15, 0.2) is 24.4 Å². The highest BCUT2D eigenvalue weighted by Crippen LogP contribution is 2.27. The van der Waals surface area contributed by atoms with Crippen molar-refractivity contribution in [1.82, 2.24) is 9.88 Å². The minimum absolute atomic E-state index is 0.133. The maximum absolute atomic E-state index is 11.9. The first-order chi connectivity index (χ1) is 8.02. The van der Waals surface area contributed by atoms with E-state index in [0.29, 0.717) is 10.6 Å². The van der Waals surface area contributed by atoms with Gasteiger partial charge in [0.05, 0.1) is 16.1 Å². The number of fused-ring (bicyclic) bond motifs is 1. The summed E-state index contributed by atoms with van der Waals surface area (Å²) in [5, 5.41) is 1.29. The summed E-state index contributed by atoms with van der Waals surface area (Å²) in [6, 6.07) is 5.76. The van der Waals surface area contributed by atoms with E-state index in [4.69, 9.17) is 11.6 Å². The van der Waals surface area contributed by atoms with Crippen molar-refractivity contribution in [1.29, 1.82) is 0 Å². The van der Waals surface area contributed by atoms with Gasteiger partial charge in [0.15, 0.2) is 0 Å². The number of aromatic nitrogens is 1. The zero-order chi connectivity index (χ0) is 12.6. The molecule has 0 aliphatic carbocycles. The lowest BCUT2D eigenvalue weighted by molar-refractivity contribution is 0.0827. The van der Waals surface area contributed by atoms with Crippen LogP contribution in [-0.2, 0) is 0 Å². The van der Waals surface area contributed by atoms with Gasteiger partial charge in [-0.15, -0.1) is 0 Å². The second-order valence-electron chi connectivity index (χ2n) is 4.16. The van der Waals surface area contributed by atoms with Gasteiger partial charge in [-0.1, -0.05) is 29.8 Å². The lowest BCUT2D eigenvalue weighted by Crippen LogP contribution is -2.22. The topological polar surface area (TPSA) is 33.2 Å². The fourth-order valence-electron chi connectivity index (χ4n) is 1.73. The first-order valence-electron chi connectivity index (χ1n) is 5.28. The maximum atomic E-state index is 11.9. The van der Waals surface area contributed by atoms with Crippen molar-refractivity contribution >= 4 is 28.4 Å². The lowest BCUT2D eigenvalue weighted by atomic mass is 10.1. The first kappa shape index (κ1) is 11.9. The van der Waals surface area contributed by atoms with Crippen LogP contribution in [0.1, 0.15) is 15.9 Å². The highest BCUT2D eigenvalue weighted by Gasteiger charge is 2.15. The predicted octanol–water partition coefficient (Wildman–Crippen LogP) is 2.90. The van der Waals surface area contributed by atoms with Gasteiger partial charge >= 0.3 is 0 Å². The number of aryl methyl sites for hydroxylation is 1. The molecule has 0 aliphatic heterocycles. The molecule has 1 aromatic heterocycles. The second-order valence-corrected chi connectivity index (χ2v) is 4.53. The van der Waals surface area contributed by atoms with E-state index in [1.165, 1.54) is 4.90 Å². The molecule has 0 fully saturated rings. The summed E-state index contributed by atoms with van der Waals surface area (Å²) in [4.78, 5) is 17.7. The number of hydrogen-bond acceptors (Lipinski definition) is 2. The zero-order valence-corrected chi connectivity index (χ0v) is 10.7. The van der Waals surface area contributed by atoms with E-state index in [1.807, 2.05) is 25.1 Å². The summed E-state index contributed by atoms with van der Waals surface area (Å²) in [5.41, 5.74) is 2.33. The number of benzene rings is 1. The van der Waals surface area contributed by atoms with Crippen LogP contribution in [0.3, 0.4) is 0 Å². The first-order valence-corrected chi connectivity index (χ1v) is 5.65. The van der Waals surface area contributed by atoms with Crippen LogP contribution >= 0.6 is 11.6 Å². The number of nitrogens with zero attached hydrogens (tertiary/aromatic N) is 2. The summed E-state index contributed by atoms with van der Waals surface area (Å²) in [6.07, 6.45) is 1.54. The molecule has 0 radical (unpaired) electrons. The van der Waals surface area contributed by atoms with Crippen LogP contribution in [0.25, 0.3) is 10.9 Å². The van der Waals surface area contributed by atoms with Gasteiger partial charge in [0.2, 0.25) is 0 Å². The van der Waals surface area contributed by atoms with Crippen molar-refractivity contribution in [3.8, 4) is 0 Å². The molecule has 2 aromatic rings. The van der Waals surface area contributed by atoms with Gasteiger partial charge < -0.3 is 4.90 Å². The van der Waals surface area contributed by atoms with Crippen LogP contribution in [0.2, 0.25) is 5.02 Å². The van der Waals surface area contributed by atoms with Gasteiger partial charge in [-0.2, -0.15) is 0 Å². The van der Waals surface area contributed by atoms with E-state index in [9.17, 15) is 4.79 Å². The quantitative estimate of drug-likeness (QED) is 0.778. The molecule has 0 saturated heterocycles. The standard InChI is InChI=1S/C13H13ClN2O/c1-8-5-4-6-9-11(14)10(7-15-12(8)9)13(17)16(2)3/h4-7H,1-3H3. The molecule has 88 valence electrons. The van der Waals surface area contributed by atoms with Gasteiger partial charge in [-0.05, 0) is 12.5 Å². The molecule has 0 bridgehead atoms. The van der Waals surface area contributed by atoms with Crippen LogP contribution in [0, 0.1) is 6.92 Å². The Morgan fingerprint density at radius 3 is 2.71 bits per heavy atom. The minimum atomic E-state index is -0.133. The zero-order valence-electron chi connectivity index (χ0n) is 9.99. The fraction of sp³-hybridized carbons (Fsp3) is 0.231. The summed E-state index contributed by atoms with van der Waals surface area (Å²) < 4.78 is 0. The Morgan fingerprint density at radius 1 is 1.35 bits per heavy atom. The normalized spacial score (nSPS) is 10.6. The molecule has 0 atom stereocenters. The lowest BCUT2D eigenvalue weighted by Gasteiger charge is -2.12. The van der Waals surface area contributed by atoms with Crippen molar-refractivity contribution < 1.29 is 4.79 Å². The molecule has 17 heavy (non-hydrogen) atoms. The van der Waals surface area contributed by atoms with Gasteiger partial charge in [-0.3, -0.25) is 9.78 Å². The van der Waals surface area contributed by atoms with Crippen molar-refractivity contribution in [2.24, 2.45) is 0 Å². The van der Waals surface area contributed by atoms with E-state index in [1.54, 1.807) is 20.3 Å². The SMILES string of the molecule is Cc1cccc2c(Cl)c(C(=O)N(C)C)cnc12. The average Bonchev–Trinajstić information content (AvgIpc) is 2.30. The van der Waals surface area contributed by atoms with Crippen molar-refractivity contribution in [2.45, 2.75) is 6.92 Å². The summed E-state index contributed by atoms with van der Waals surface area (Å²) in [6.45, 7) is 1.97. The van der Waals surface area contributed by atoms with Crippen LogP contribution in [-0.4, -0.2) is 29.9 Å². The Kier molecular flexibility index (Phi) is 3.03. The third-order valence-electron chi connectivity index (χ3n) is 2.67. The molecule has 1 aromatic carbocycles. The average molecular weight is 249 g/mol. The molecular weight excluding hydrogens is 236 g/mol. The number of halogens is 1. The second kappa shape index (κ2) is 4.34. The Morgan fingerprint density at radius 2 is 2.06 bits per heavy atom. The molecule has 0 N–H and O–H groups in total. The molecular formula is C13H13ClN2O. The Hall–Kier alpha value is -1.61. The smallest absolute Gasteiger partial charge is 0.256 e. The fourth-order valence-corrected chi connectivity index (χ4v) is 2.01. The highest BCUT2D eigenvalue weighted by atomic mass is 35.5. The molecule has 0 spiro atoms. The monoisotopic (exact) mass is 248 g/mol. The van der Waals surface area contributed by atoms with E-state index in [0.717, 1.165) is 16.5 Å². The molecule has 1 heterocycles. The third-order valence-corrected chi connectivity index (χ3v) is 3.08. The molecule has 3 nitrogen and oxygen atoms in total. The largest absolute Gasteiger partial charge is 0.345 e. The van der Waals surface area contributed by atoms with Crippen molar-refractivity contribution in [2.75, 3.05) is 14.1 Å². The van der Waals surface area contributed by atoms with E-state index in [-0.39, 0.29) is 5.91 Å². The number of carbonyl (C=O) groups excluding carboxylic acids is 1. The molecule has 0 saturated carbocycles. The van der Waals surface area contributed by atoms with Gasteiger partial charge in [0.1, 0.15) is 0 Å². The van der Waals surface area contributed by atoms with Gasteiger partial charge in [0.25, 0.3) is 5.91 Å². The number of carbonyl (C=O) groups is 1. The van der Waals surface area contributed by atoms with Crippen molar-refractivity contribution in [3.05, 3.63) is 40.5 Å². The Labute approximate surface area is 105 Å². The molecule has 0 unspecified atom stereocenters. The molecule has 4 heteroatoms. The minimum Gasteiger partial charge on any atom is -0.345 e. The van der Waals surface area contributed by atoms with E-state index < -0.39 is 0 Å². The molecule has 1 amide bonds. The molecule has 2 rings (SSSR count). The van der Waals surface area contributed by atoms with Crippen LogP contribution < -0.4 is 0 Å². The predicted molar refractivity (Wildman–Crippen MR) is 69.5 cm³/mol. The Bertz CT molecular complexity index is 593. The number of para-hydroxylation sites is 1. The molecule has 0 aliphatic rings. The van der Waals surface area contributed by atoms with Crippen LogP contribution in [0.4, 0.5) is 0 Å². The number of hydrogen-bond donors (Lipinski definition) is 0. The summed E-state index contributed by atoms with van der Waals surface area (Å²) in [5.74, 6) is -0.133. The van der Waals surface area contributed by atoms with E-state index >= 15 is 0 Å². The summed E-state index contributed by atoms with van der Waals surface area (Å²) in [7, 11) is 3.39. The highest BCUT2D eigenvalue weighted by molar-refractivity contribution is 6.38. The number of rotatable bonds is 1. The van der Waals surface area contributed by atoms with E-state index in [2.05, 4.69) is 4.98 Å². The third kappa shape index (κ3) is 1.98. The van der Waals surface area contributed by atoms with Crippen LogP contribution in [0.5, 0.6) is 0 Å².